The number of methoxy groups -OCH3 is 2. The van der Waals surface area contributed by atoms with Crippen molar-refractivity contribution >= 4 is 29.7 Å². The summed E-state index contributed by atoms with van der Waals surface area (Å²) >= 11 is 0. The summed E-state index contributed by atoms with van der Waals surface area (Å²) in [5.41, 5.74) is 3.10. The number of benzene rings is 3. The lowest BCUT2D eigenvalue weighted by atomic mass is 10.2. The van der Waals surface area contributed by atoms with E-state index < -0.39 is 22.7 Å². The second-order valence-corrected chi connectivity index (χ2v) is 7.31. The van der Waals surface area contributed by atoms with E-state index in [9.17, 15) is 24.5 Å². The number of non-ortho nitro benzene ring substituents is 1. The molecule has 2 amide bonds. The van der Waals surface area contributed by atoms with Crippen LogP contribution in [-0.2, 0) is 4.79 Å². The summed E-state index contributed by atoms with van der Waals surface area (Å²) in [5, 5.41) is 17.0. The lowest BCUT2D eigenvalue weighted by Gasteiger charge is -2.09. The van der Waals surface area contributed by atoms with E-state index in [1.54, 1.807) is 24.3 Å². The average molecular weight is 506 g/mol. The summed E-state index contributed by atoms with van der Waals surface area (Å²) in [4.78, 5) is 46.8. The van der Waals surface area contributed by atoms with Crippen LogP contribution in [0, 0.1) is 10.1 Å². The molecule has 0 spiro atoms. The van der Waals surface area contributed by atoms with Crippen LogP contribution in [0.25, 0.3) is 0 Å². The van der Waals surface area contributed by atoms with Crippen LogP contribution in [0.4, 0.5) is 5.69 Å². The Morgan fingerprint density at radius 2 is 1.65 bits per heavy atom. The highest BCUT2D eigenvalue weighted by atomic mass is 16.6. The number of carbonyl (C=O) groups is 3. The summed E-state index contributed by atoms with van der Waals surface area (Å²) in [6.45, 7) is -0.322. The highest BCUT2D eigenvalue weighted by Crippen LogP contribution is 2.27. The molecule has 190 valence electrons. The summed E-state index contributed by atoms with van der Waals surface area (Å²) in [7, 11) is 2.93. The Morgan fingerprint density at radius 3 is 2.32 bits per heavy atom. The number of carbonyl (C=O) groups excluding carboxylic acids is 3. The van der Waals surface area contributed by atoms with Crippen molar-refractivity contribution < 1.29 is 33.5 Å². The maximum absolute atomic E-state index is 12.3. The number of nitro benzene ring substituents is 1. The fraction of sp³-hybridized carbons (Fsp3) is 0.120. The van der Waals surface area contributed by atoms with E-state index in [2.05, 4.69) is 15.8 Å². The first-order chi connectivity index (χ1) is 17.8. The molecule has 0 fully saturated rings. The second-order valence-electron chi connectivity index (χ2n) is 7.31. The second kappa shape index (κ2) is 12.4. The molecule has 0 unspecified atom stereocenters. The molecule has 0 aliphatic rings. The number of nitrogens with zero attached hydrogens (tertiary/aromatic N) is 2. The van der Waals surface area contributed by atoms with Gasteiger partial charge in [0.1, 0.15) is 5.75 Å². The number of hydrogen-bond acceptors (Lipinski definition) is 9. The third kappa shape index (κ3) is 7.36. The molecule has 0 radical (unpaired) electrons. The van der Waals surface area contributed by atoms with Crippen LogP contribution in [0.3, 0.4) is 0 Å². The summed E-state index contributed by atoms with van der Waals surface area (Å²) in [5.74, 6) is -0.682. The summed E-state index contributed by atoms with van der Waals surface area (Å²) in [6.07, 6.45) is 1.33. The van der Waals surface area contributed by atoms with Crippen molar-refractivity contribution in [3.63, 3.8) is 0 Å². The quantitative estimate of drug-likeness (QED) is 0.140. The van der Waals surface area contributed by atoms with Gasteiger partial charge in [-0.25, -0.2) is 10.2 Å². The first kappa shape index (κ1) is 26.3. The first-order valence-corrected chi connectivity index (χ1v) is 10.7. The lowest BCUT2D eigenvalue weighted by Crippen LogP contribution is -2.34. The molecule has 0 aromatic heterocycles. The highest BCUT2D eigenvalue weighted by molar-refractivity contribution is 5.97. The Kier molecular flexibility index (Phi) is 8.86. The topological polar surface area (TPSA) is 158 Å². The van der Waals surface area contributed by atoms with E-state index in [1.807, 2.05) is 0 Å². The van der Waals surface area contributed by atoms with Gasteiger partial charge in [0.15, 0.2) is 11.5 Å². The Balaban J connectivity index is 1.51. The number of rotatable bonds is 10. The molecule has 12 heteroatoms. The first-order valence-electron chi connectivity index (χ1n) is 10.7. The SMILES string of the molecule is COc1ccc(C(=O)NCC(=O)N/N=C\c2cccc(OC(=O)c3ccc([N+](=O)[O-])cc3)c2)cc1OC. The fourth-order valence-corrected chi connectivity index (χ4v) is 3.00. The van der Waals surface area contributed by atoms with Crippen LogP contribution >= 0.6 is 0 Å². The Morgan fingerprint density at radius 1 is 0.946 bits per heavy atom. The minimum atomic E-state index is -0.692. The van der Waals surface area contributed by atoms with E-state index in [0.717, 1.165) is 0 Å². The van der Waals surface area contributed by atoms with Crippen molar-refractivity contribution in [1.29, 1.82) is 0 Å². The third-order valence-electron chi connectivity index (χ3n) is 4.84. The number of amides is 2. The lowest BCUT2D eigenvalue weighted by molar-refractivity contribution is -0.384. The molecular weight excluding hydrogens is 484 g/mol. The number of hydrogen-bond donors (Lipinski definition) is 2. The van der Waals surface area contributed by atoms with E-state index in [-0.39, 0.29) is 29.1 Å². The molecular formula is C25H22N4O8. The zero-order valence-corrected chi connectivity index (χ0v) is 19.8. The monoisotopic (exact) mass is 506 g/mol. The van der Waals surface area contributed by atoms with E-state index in [0.29, 0.717) is 17.1 Å². The molecule has 3 aromatic rings. The molecule has 37 heavy (non-hydrogen) atoms. The van der Waals surface area contributed by atoms with Gasteiger partial charge in [0.2, 0.25) is 0 Å². The van der Waals surface area contributed by atoms with Gasteiger partial charge in [0.05, 0.1) is 37.5 Å². The van der Waals surface area contributed by atoms with E-state index >= 15 is 0 Å². The molecule has 0 aliphatic carbocycles. The molecule has 0 saturated heterocycles. The zero-order chi connectivity index (χ0) is 26.8. The van der Waals surface area contributed by atoms with Gasteiger partial charge in [-0.2, -0.15) is 5.10 Å². The van der Waals surface area contributed by atoms with Gasteiger partial charge in [-0.1, -0.05) is 12.1 Å². The van der Waals surface area contributed by atoms with Crippen LogP contribution in [0.15, 0.2) is 71.8 Å². The molecule has 0 bridgehead atoms. The molecule has 0 aliphatic heterocycles. The van der Waals surface area contributed by atoms with Crippen LogP contribution in [-0.4, -0.2) is 49.7 Å². The van der Waals surface area contributed by atoms with Gasteiger partial charge in [-0.05, 0) is 48.0 Å². The van der Waals surface area contributed by atoms with Crippen LogP contribution < -0.4 is 25.0 Å². The molecule has 12 nitrogen and oxygen atoms in total. The number of hydrazone groups is 1. The molecule has 3 rings (SSSR count). The van der Waals surface area contributed by atoms with Gasteiger partial charge in [-0.3, -0.25) is 19.7 Å². The Labute approximate surface area is 211 Å². The Bertz CT molecular complexity index is 1340. The van der Waals surface area contributed by atoms with E-state index in [4.69, 9.17) is 14.2 Å². The smallest absolute Gasteiger partial charge is 0.343 e. The van der Waals surface area contributed by atoms with Gasteiger partial charge in [0, 0.05) is 17.7 Å². The number of nitrogens with one attached hydrogen (secondary N) is 2. The maximum Gasteiger partial charge on any atom is 0.343 e. The average Bonchev–Trinajstić information content (AvgIpc) is 2.91. The molecule has 0 atom stereocenters. The summed E-state index contributed by atoms with van der Waals surface area (Å²) in [6, 6.07) is 16.0. The standard InChI is InChI=1S/C25H22N4O8/c1-35-21-11-8-18(13-22(21)36-2)24(31)26-15-23(30)28-27-14-16-4-3-5-20(12-16)37-25(32)17-6-9-19(10-7-17)29(33)34/h3-14H,15H2,1-2H3,(H,26,31)(H,28,30)/b27-14-. The van der Waals surface area contributed by atoms with Crippen LogP contribution in [0.1, 0.15) is 26.3 Å². The third-order valence-corrected chi connectivity index (χ3v) is 4.84. The van der Waals surface area contributed by atoms with Crippen LogP contribution in [0.5, 0.6) is 17.2 Å². The largest absolute Gasteiger partial charge is 0.493 e. The van der Waals surface area contributed by atoms with Crippen molar-refractivity contribution in [2.24, 2.45) is 5.10 Å². The maximum atomic E-state index is 12.3. The number of nitro groups is 1. The Hall–Kier alpha value is -5.26. The molecule has 3 aromatic carbocycles. The van der Waals surface area contributed by atoms with Gasteiger partial charge in [-0.15, -0.1) is 0 Å². The summed E-state index contributed by atoms with van der Waals surface area (Å²) < 4.78 is 15.6. The van der Waals surface area contributed by atoms with Crippen molar-refractivity contribution in [2.45, 2.75) is 0 Å². The van der Waals surface area contributed by atoms with Crippen molar-refractivity contribution in [2.75, 3.05) is 20.8 Å². The number of ether oxygens (including phenoxy) is 3. The predicted molar refractivity (Wildman–Crippen MR) is 132 cm³/mol. The zero-order valence-electron chi connectivity index (χ0n) is 19.8. The predicted octanol–water partition coefficient (Wildman–Crippen LogP) is 2.71. The molecule has 0 heterocycles. The highest BCUT2D eigenvalue weighted by Gasteiger charge is 2.13. The van der Waals surface area contributed by atoms with Gasteiger partial charge >= 0.3 is 5.97 Å². The van der Waals surface area contributed by atoms with Crippen molar-refractivity contribution in [3.05, 3.63) is 93.5 Å². The normalized spacial score (nSPS) is 10.4. The van der Waals surface area contributed by atoms with Gasteiger partial charge in [0.25, 0.3) is 17.5 Å². The number of esters is 1. The van der Waals surface area contributed by atoms with Crippen LogP contribution in [0.2, 0.25) is 0 Å². The minimum Gasteiger partial charge on any atom is -0.493 e. The van der Waals surface area contributed by atoms with Crippen molar-refractivity contribution in [3.8, 4) is 17.2 Å². The molecule has 0 saturated carbocycles. The van der Waals surface area contributed by atoms with Gasteiger partial charge < -0.3 is 19.5 Å². The minimum absolute atomic E-state index is 0.141. The van der Waals surface area contributed by atoms with E-state index in [1.165, 1.54) is 62.9 Å². The fourth-order valence-electron chi connectivity index (χ4n) is 3.00. The molecule has 2 N–H and O–H groups in total. The van der Waals surface area contributed by atoms with Crippen molar-refractivity contribution in [1.82, 2.24) is 10.7 Å².